The van der Waals surface area contributed by atoms with Gasteiger partial charge in [0.05, 0.1) is 10.6 Å². The van der Waals surface area contributed by atoms with Gasteiger partial charge in [-0.1, -0.05) is 24.1 Å². The standard InChI is InChI=1S/C22H26N2O3S/c1-14-3-8-19(9-4-14)28(26,27)24-20-10-7-18(11-15(20)2)22(25)23-21-13-16-5-6-17(21)12-16/h3-4,7-11,16-17,21,24H,5-6,12-13H2,1-2H3,(H,23,25)/t16-,17-,21-/m0/s1. The van der Waals surface area contributed by atoms with Crippen molar-refractivity contribution in [2.45, 2.75) is 50.5 Å². The Morgan fingerprint density at radius 3 is 2.36 bits per heavy atom. The molecule has 0 radical (unpaired) electrons. The number of fused-ring (bicyclic) bond motifs is 2. The summed E-state index contributed by atoms with van der Waals surface area (Å²) in [6.45, 7) is 3.72. The van der Waals surface area contributed by atoms with Gasteiger partial charge in [-0.3, -0.25) is 9.52 Å². The number of nitrogens with one attached hydrogen (secondary N) is 2. The molecule has 2 aliphatic carbocycles. The summed E-state index contributed by atoms with van der Waals surface area (Å²) in [7, 11) is -3.66. The van der Waals surface area contributed by atoms with E-state index in [1.165, 1.54) is 19.3 Å². The van der Waals surface area contributed by atoms with Crippen LogP contribution in [0.25, 0.3) is 0 Å². The highest BCUT2D eigenvalue weighted by molar-refractivity contribution is 7.92. The summed E-state index contributed by atoms with van der Waals surface area (Å²) in [5.41, 5.74) is 2.77. The highest BCUT2D eigenvalue weighted by Crippen LogP contribution is 2.44. The predicted molar refractivity (Wildman–Crippen MR) is 110 cm³/mol. The number of rotatable bonds is 5. The van der Waals surface area contributed by atoms with E-state index in [0.29, 0.717) is 17.2 Å². The Balaban J connectivity index is 1.46. The minimum atomic E-state index is -3.66. The summed E-state index contributed by atoms with van der Waals surface area (Å²) < 4.78 is 27.8. The Morgan fingerprint density at radius 2 is 1.75 bits per heavy atom. The fourth-order valence-electron chi connectivity index (χ4n) is 4.51. The van der Waals surface area contributed by atoms with Crippen molar-refractivity contribution in [2.75, 3.05) is 4.72 Å². The second-order valence-corrected chi connectivity index (χ2v) is 9.89. The van der Waals surface area contributed by atoms with Gasteiger partial charge in [0.2, 0.25) is 0 Å². The van der Waals surface area contributed by atoms with Crippen LogP contribution in [0.15, 0.2) is 47.4 Å². The molecule has 2 fully saturated rings. The third-order valence-electron chi connectivity index (χ3n) is 6.12. The van der Waals surface area contributed by atoms with Crippen LogP contribution in [-0.4, -0.2) is 20.4 Å². The molecular weight excluding hydrogens is 372 g/mol. The van der Waals surface area contributed by atoms with Crippen LogP contribution in [0.4, 0.5) is 5.69 Å². The van der Waals surface area contributed by atoms with Crippen LogP contribution in [0.3, 0.4) is 0 Å². The fraction of sp³-hybridized carbons (Fsp3) is 0.409. The zero-order chi connectivity index (χ0) is 19.9. The fourth-order valence-corrected chi connectivity index (χ4v) is 5.64. The van der Waals surface area contributed by atoms with Crippen LogP contribution in [0.1, 0.15) is 47.2 Å². The van der Waals surface area contributed by atoms with Gasteiger partial charge in [0.1, 0.15) is 0 Å². The first-order valence-electron chi connectivity index (χ1n) is 9.83. The van der Waals surface area contributed by atoms with E-state index in [2.05, 4.69) is 10.0 Å². The van der Waals surface area contributed by atoms with Crippen molar-refractivity contribution in [1.82, 2.24) is 5.32 Å². The predicted octanol–water partition coefficient (Wildman–Crippen LogP) is 4.02. The Morgan fingerprint density at radius 1 is 1.00 bits per heavy atom. The minimum absolute atomic E-state index is 0.0754. The molecule has 2 aromatic rings. The zero-order valence-corrected chi connectivity index (χ0v) is 17.1. The SMILES string of the molecule is Cc1ccc(S(=O)(=O)Nc2ccc(C(=O)N[C@H]3C[C@H]4CC[C@H]3C4)cc2C)cc1. The lowest BCUT2D eigenvalue weighted by Gasteiger charge is -2.23. The molecule has 0 unspecified atom stereocenters. The maximum Gasteiger partial charge on any atom is 0.261 e. The molecule has 2 aliphatic rings. The van der Waals surface area contributed by atoms with E-state index >= 15 is 0 Å². The van der Waals surface area contributed by atoms with Crippen LogP contribution in [-0.2, 0) is 10.0 Å². The normalized spacial score (nSPS) is 23.6. The third-order valence-corrected chi connectivity index (χ3v) is 7.50. The summed E-state index contributed by atoms with van der Waals surface area (Å²) in [6.07, 6.45) is 4.84. The van der Waals surface area contributed by atoms with Crippen LogP contribution in [0.2, 0.25) is 0 Å². The molecule has 148 valence electrons. The van der Waals surface area contributed by atoms with Crippen LogP contribution >= 0.6 is 0 Å². The minimum Gasteiger partial charge on any atom is -0.349 e. The van der Waals surface area contributed by atoms with E-state index in [4.69, 9.17) is 0 Å². The maximum absolute atomic E-state index is 12.6. The van der Waals surface area contributed by atoms with Crippen LogP contribution in [0, 0.1) is 25.7 Å². The monoisotopic (exact) mass is 398 g/mol. The van der Waals surface area contributed by atoms with Crippen molar-refractivity contribution in [3.05, 3.63) is 59.2 Å². The molecule has 28 heavy (non-hydrogen) atoms. The number of sulfonamides is 1. The number of anilines is 1. The molecule has 2 N–H and O–H groups in total. The number of aryl methyl sites for hydroxylation is 2. The Labute approximate surface area is 166 Å². The van der Waals surface area contributed by atoms with Crippen molar-refractivity contribution >= 4 is 21.6 Å². The van der Waals surface area contributed by atoms with E-state index in [1.54, 1.807) is 49.4 Å². The molecule has 0 heterocycles. The first kappa shape index (κ1) is 19.0. The number of carbonyl (C=O) groups is 1. The number of amides is 1. The van der Waals surface area contributed by atoms with Gasteiger partial charge in [-0.05, 0) is 80.8 Å². The quantitative estimate of drug-likeness (QED) is 0.799. The summed E-state index contributed by atoms with van der Waals surface area (Å²) in [4.78, 5) is 12.8. The van der Waals surface area contributed by atoms with Gasteiger partial charge in [-0.2, -0.15) is 0 Å². The molecule has 0 spiro atoms. The molecule has 6 heteroatoms. The first-order chi connectivity index (χ1) is 13.3. The van der Waals surface area contributed by atoms with Crippen molar-refractivity contribution < 1.29 is 13.2 Å². The Kier molecular flexibility index (Phi) is 4.91. The molecule has 0 saturated heterocycles. The van der Waals surface area contributed by atoms with Crippen molar-refractivity contribution in [2.24, 2.45) is 11.8 Å². The van der Waals surface area contributed by atoms with Crippen molar-refractivity contribution in [3.8, 4) is 0 Å². The van der Waals surface area contributed by atoms with Gasteiger partial charge in [-0.25, -0.2) is 8.42 Å². The average Bonchev–Trinajstić information content (AvgIpc) is 3.26. The van der Waals surface area contributed by atoms with Crippen LogP contribution in [0.5, 0.6) is 0 Å². The second-order valence-electron chi connectivity index (χ2n) is 8.20. The molecule has 2 bridgehead atoms. The molecular formula is C22H26N2O3S. The second kappa shape index (κ2) is 7.24. The van der Waals surface area contributed by atoms with Gasteiger partial charge >= 0.3 is 0 Å². The van der Waals surface area contributed by atoms with Crippen molar-refractivity contribution in [1.29, 1.82) is 0 Å². The van der Waals surface area contributed by atoms with Gasteiger partial charge < -0.3 is 5.32 Å². The van der Waals surface area contributed by atoms with Gasteiger partial charge in [0.25, 0.3) is 15.9 Å². The molecule has 2 aromatic carbocycles. The van der Waals surface area contributed by atoms with Crippen LogP contribution < -0.4 is 10.0 Å². The van der Waals surface area contributed by atoms with E-state index in [1.807, 2.05) is 6.92 Å². The number of hydrogen-bond donors (Lipinski definition) is 2. The molecule has 4 rings (SSSR count). The lowest BCUT2D eigenvalue weighted by atomic mass is 9.95. The molecule has 1 amide bonds. The zero-order valence-electron chi connectivity index (χ0n) is 16.2. The first-order valence-corrected chi connectivity index (χ1v) is 11.3. The summed E-state index contributed by atoms with van der Waals surface area (Å²) in [5.74, 6) is 1.32. The topological polar surface area (TPSA) is 75.3 Å². The summed E-state index contributed by atoms with van der Waals surface area (Å²) in [6, 6.07) is 12.1. The number of hydrogen-bond acceptors (Lipinski definition) is 3. The third kappa shape index (κ3) is 3.78. The molecule has 0 aromatic heterocycles. The highest BCUT2D eigenvalue weighted by atomic mass is 32.2. The Bertz CT molecular complexity index is 999. The number of benzene rings is 2. The average molecular weight is 399 g/mol. The summed E-state index contributed by atoms with van der Waals surface area (Å²) in [5, 5.41) is 3.18. The Hall–Kier alpha value is -2.34. The van der Waals surface area contributed by atoms with E-state index < -0.39 is 10.0 Å². The lowest BCUT2D eigenvalue weighted by Crippen LogP contribution is -2.38. The summed E-state index contributed by atoms with van der Waals surface area (Å²) >= 11 is 0. The van der Waals surface area contributed by atoms with Gasteiger partial charge in [0.15, 0.2) is 0 Å². The molecule has 3 atom stereocenters. The smallest absolute Gasteiger partial charge is 0.261 e. The molecule has 2 saturated carbocycles. The van der Waals surface area contributed by atoms with E-state index in [0.717, 1.165) is 23.5 Å². The van der Waals surface area contributed by atoms with Gasteiger partial charge in [0, 0.05) is 11.6 Å². The maximum atomic E-state index is 12.6. The highest BCUT2D eigenvalue weighted by Gasteiger charge is 2.40. The lowest BCUT2D eigenvalue weighted by molar-refractivity contribution is 0.0923. The van der Waals surface area contributed by atoms with Gasteiger partial charge in [-0.15, -0.1) is 0 Å². The number of carbonyl (C=O) groups excluding carboxylic acids is 1. The molecule has 5 nitrogen and oxygen atoms in total. The van der Waals surface area contributed by atoms with E-state index in [9.17, 15) is 13.2 Å². The largest absolute Gasteiger partial charge is 0.349 e. The molecule has 0 aliphatic heterocycles. The van der Waals surface area contributed by atoms with Crippen molar-refractivity contribution in [3.63, 3.8) is 0 Å². The van der Waals surface area contributed by atoms with E-state index in [-0.39, 0.29) is 16.8 Å².